The van der Waals surface area contributed by atoms with E-state index in [4.69, 9.17) is 9.15 Å². The van der Waals surface area contributed by atoms with Gasteiger partial charge in [0.15, 0.2) is 6.61 Å². The SMILES string of the molecule is CC1CCCC(C)N1C(=O)COC(=O)c1cc2ccccc2oc1=O. The highest BCUT2D eigenvalue weighted by atomic mass is 16.5. The molecule has 6 heteroatoms. The summed E-state index contributed by atoms with van der Waals surface area (Å²) in [6, 6.07) is 8.58. The molecule has 1 amide bonds. The van der Waals surface area contributed by atoms with Crippen LogP contribution >= 0.6 is 0 Å². The molecule has 2 unspecified atom stereocenters. The van der Waals surface area contributed by atoms with Crippen molar-refractivity contribution in [2.75, 3.05) is 6.61 Å². The number of piperidine rings is 1. The zero-order valence-electron chi connectivity index (χ0n) is 14.4. The van der Waals surface area contributed by atoms with Crippen LogP contribution in [-0.2, 0) is 9.53 Å². The Kier molecular flexibility index (Phi) is 4.88. The molecule has 1 aromatic heterocycles. The van der Waals surface area contributed by atoms with E-state index in [1.807, 2.05) is 13.8 Å². The van der Waals surface area contributed by atoms with Gasteiger partial charge in [0.2, 0.25) is 0 Å². The van der Waals surface area contributed by atoms with Gasteiger partial charge in [-0.15, -0.1) is 0 Å². The first-order valence-electron chi connectivity index (χ1n) is 8.48. The molecule has 132 valence electrons. The standard InChI is InChI=1S/C19H21NO5/c1-12-6-5-7-13(2)20(12)17(21)11-24-18(22)15-10-14-8-3-4-9-16(14)25-19(15)23/h3-4,8-10,12-13H,5-7,11H2,1-2H3. The summed E-state index contributed by atoms with van der Waals surface area (Å²) in [6.45, 7) is 3.61. The molecule has 0 bridgehead atoms. The molecule has 25 heavy (non-hydrogen) atoms. The second kappa shape index (κ2) is 7.09. The highest BCUT2D eigenvalue weighted by molar-refractivity contribution is 5.94. The molecule has 1 aliphatic heterocycles. The fourth-order valence-corrected chi connectivity index (χ4v) is 3.40. The molecule has 0 aliphatic carbocycles. The van der Waals surface area contributed by atoms with Crippen molar-refractivity contribution in [3.63, 3.8) is 0 Å². The van der Waals surface area contributed by atoms with Gasteiger partial charge in [-0.25, -0.2) is 9.59 Å². The summed E-state index contributed by atoms with van der Waals surface area (Å²) in [5, 5.41) is 0.624. The number of nitrogens with zero attached hydrogens (tertiary/aromatic N) is 1. The molecule has 1 aromatic carbocycles. The van der Waals surface area contributed by atoms with Crippen molar-refractivity contribution in [1.29, 1.82) is 0 Å². The Bertz CT molecular complexity index is 846. The van der Waals surface area contributed by atoms with Gasteiger partial charge in [-0.2, -0.15) is 0 Å². The van der Waals surface area contributed by atoms with E-state index in [0.29, 0.717) is 11.0 Å². The van der Waals surface area contributed by atoms with Crippen LogP contribution in [0.2, 0.25) is 0 Å². The Balaban J connectivity index is 1.71. The van der Waals surface area contributed by atoms with Crippen LogP contribution in [0, 0.1) is 0 Å². The number of esters is 1. The van der Waals surface area contributed by atoms with Gasteiger partial charge in [0.25, 0.3) is 5.91 Å². The first-order chi connectivity index (χ1) is 12.0. The maximum absolute atomic E-state index is 12.4. The number of para-hydroxylation sites is 1. The van der Waals surface area contributed by atoms with Gasteiger partial charge in [-0.3, -0.25) is 4.79 Å². The number of hydrogen-bond donors (Lipinski definition) is 0. The predicted molar refractivity (Wildman–Crippen MR) is 92.4 cm³/mol. The lowest BCUT2D eigenvalue weighted by molar-refractivity contribution is -0.140. The number of likely N-dealkylation sites (tertiary alicyclic amines) is 1. The quantitative estimate of drug-likeness (QED) is 0.633. The minimum atomic E-state index is -0.842. The molecule has 1 saturated heterocycles. The van der Waals surface area contributed by atoms with Crippen LogP contribution in [0.25, 0.3) is 11.0 Å². The monoisotopic (exact) mass is 343 g/mol. The summed E-state index contributed by atoms with van der Waals surface area (Å²) in [4.78, 5) is 38.3. The molecule has 1 fully saturated rings. The molecular formula is C19H21NO5. The molecule has 6 nitrogen and oxygen atoms in total. The summed E-state index contributed by atoms with van der Waals surface area (Å²) in [6.07, 6.45) is 2.97. The minimum absolute atomic E-state index is 0.126. The highest BCUT2D eigenvalue weighted by Crippen LogP contribution is 2.22. The van der Waals surface area contributed by atoms with Crippen molar-refractivity contribution in [1.82, 2.24) is 4.90 Å². The lowest BCUT2D eigenvalue weighted by atomic mass is 9.97. The molecule has 0 N–H and O–H groups in total. The first kappa shape index (κ1) is 17.2. The molecule has 1 aliphatic rings. The normalized spacial score (nSPS) is 20.5. The molecule has 0 spiro atoms. The number of ether oxygens (including phenoxy) is 1. The third-order valence-electron chi connectivity index (χ3n) is 4.67. The Morgan fingerprint density at radius 1 is 1.20 bits per heavy atom. The van der Waals surface area contributed by atoms with Gasteiger partial charge in [-0.1, -0.05) is 18.2 Å². The summed E-state index contributed by atoms with van der Waals surface area (Å²) < 4.78 is 10.2. The fraction of sp³-hybridized carbons (Fsp3) is 0.421. The number of amides is 1. The molecule has 2 aromatic rings. The second-order valence-electron chi connectivity index (χ2n) is 6.49. The Hall–Kier alpha value is -2.63. The highest BCUT2D eigenvalue weighted by Gasteiger charge is 2.29. The minimum Gasteiger partial charge on any atom is -0.452 e. The summed E-state index contributed by atoms with van der Waals surface area (Å²) in [7, 11) is 0. The second-order valence-corrected chi connectivity index (χ2v) is 6.49. The van der Waals surface area contributed by atoms with E-state index in [2.05, 4.69) is 0 Å². The number of rotatable bonds is 3. The van der Waals surface area contributed by atoms with E-state index in [0.717, 1.165) is 19.3 Å². The predicted octanol–water partition coefficient (Wildman–Crippen LogP) is 2.74. The van der Waals surface area contributed by atoms with Gasteiger partial charge in [0, 0.05) is 17.5 Å². The van der Waals surface area contributed by atoms with Crippen molar-refractivity contribution in [2.24, 2.45) is 0 Å². The van der Waals surface area contributed by atoms with E-state index in [9.17, 15) is 14.4 Å². The number of hydrogen-bond acceptors (Lipinski definition) is 5. The van der Waals surface area contributed by atoms with Gasteiger partial charge in [0.05, 0.1) is 0 Å². The third-order valence-corrected chi connectivity index (χ3v) is 4.67. The van der Waals surface area contributed by atoms with Gasteiger partial charge >= 0.3 is 11.6 Å². The molecule has 0 radical (unpaired) electrons. The fourth-order valence-electron chi connectivity index (χ4n) is 3.40. The van der Waals surface area contributed by atoms with Crippen molar-refractivity contribution < 1.29 is 18.7 Å². The van der Waals surface area contributed by atoms with E-state index in [-0.39, 0.29) is 30.2 Å². The largest absolute Gasteiger partial charge is 0.452 e. The number of carbonyl (C=O) groups is 2. The molecule has 2 atom stereocenters. The summed E-state index contributed by atoms with van der Waals surface area (Å²) in [5.41, 5.74) is -0.571. The Morgan fingerprint density at radius 3 is 2.60 bits per heavy atom. The van der Waals surface area contributed by atoms with E-state index in [1.54, 1.807) is 29.2 Å². The Labute approximate surface area is 145 Å². The van der Waals surface area contributed by atoms with Crippen LogP contribution in [-0.4, -0.2) is 35.5 Å². The van der Waals surface area contributed by atoms with Crippen LogP contribution in [0.3, 0.4) is 0 Å². The van der Waals surface area contributed by atoms with Crippen LogP contribution in [0.15, 0.2) is 39.5 Å². The molecular weight excluding hydrogens is 322 g/mol. The van der Waals surface area contributed by atoms with E-state index in [1.165, 1.54) is 6.07 Å². The molecule has 0 saturated carbocycles. The van der Waals surface area contributed by atoms with Crippen LogP contribution in [0.1, 0.15) is 43.5 Å². The number of fused-ring (bicyclic) bond motifs is 1. The maximum Gasteiger partial charge on any atom is 0.351 e. The third kappa shape index (κ3) is 3.57. The number of carbonyl (C=O) groups excluding carboxylic acids is 2. The maximum atomic E-state index is 12.4. The topological polar surface area (TPSA) is 76.8 Å². The van der Waals surface area contributed by atoms with Gasteiger partial charge < -0.3 is 14.1 Å². The van der Waals surface area contributed by atoms with Crippen molar-refractivity contribution in [2.45, 2.75) is 45.2 Å². The van der Waals surface area contributed by atoms with Crippen LogP contribution in [0.5, 0.6) is 0 Å². The molecule has 3 rings (SSSR count). The average molecular weight is 343 g/mol. The first-order valence-corrected chi connectivity index (χ1v) is 8.48. The number of benzene rings is 1. The van der Waals surface area contributed by atoms with E-state index < -0.39 is 11.6 Å². The van der Waals surface area contributed by atoms with Crippen LogP contribution in [0.4, 0.5) is 0 Å². The zero-order chi connectivity index (χ0) is 18.0. The van der Waals surface area contributed by atoms with Crippen LogP contribution < -0.4 is 5.63 Å². The lowest BCUT2D eigenvalue weighted by Crippen LogP contribution is -2.49. The Morgan fingerprint density at radius 2 is 1.88 bits per heavy atom. The smallest absolute Gasteiger partial charge is 0.351 e. The van der Waals surface area contributed by atoms with E-state index >= 15 is 0 Å². The van der Waals surface area contributed by atoms with Gasteiger partial charge in [-0.05, 0) is 45.2 Å². The zero-order valence-corrected chi connectivity index (χ0v) is 14.4. The average Bonchev–Trinajstić information content (AvgIpc) is 2.59. The lowest BCUT2D eigenvalue weighted by Gasteiger charge is -2.38. The van der Waals surface area contributed by atoms with Crippen molar-refractivity contribution in [3.05, 3.63) is 46.3 Å². The summed E-state index contributed by atoms with van der Waals surface area (Å²) >= 11 is 0. The van der Waals surface area contributed by atoms with Crippen molar-refractivity contribution >= 4 is 22.8 Å². The van der Waals surface area contributed by atoms with Gasteiger partial charge in [0.1, 0.15) is 11.1 Å². The molecule has 2 heterocycles. The van der Waals surface area contributed by atoms with Crippen molar-refractivity contribution in [3.8, 4) is 0 Å². The summed E-state index contributed by atoms with van der Waals surface area (Å²) in [5.74, 6) is -1.08.